The molecule has 2 atom stereocenters. The smallest absolute Gasteiger partial charge is 0.408 e. The molecule has 180 valence electrons. The van der Waals surface area contributed by atoms with Gasteiger partial charge in [0.15, 0.2) is 0 Å². The molecular formula is C28H28FN3O3. The van der Waals surface area contributed by atoms with Crippen LogP contribution in [0.1, 0.15) is 36.6 Å². The molecule has 0 aliphatic rings. The van der Waals surface area contributed by atoms with Crippen LogP contribution in [0.25, 0.3) is 10.9 Å². The highest BCUT2D eigenvalue weighted by atomic mass is 19.1. The highest BCUT2D eigenvalue weighted by molar-refractivity contribution is 5.91. The van der Waals surface area contributed by atoms with E-state index in [0.29, 0.717) is 5.56 Å². The van der Waals surface area contributed by atoms with Crippen molar-refractivity contribution in [3.05, 3.63) is 108 Å². The van der Waals surface area contributed by atoms with E-state index in [0.717, 1.165) is 26.9 Å². The fraction of sp³-hybridized carbons (Fsp3) is 0.214. The predicted octanol–water partition coefficient (Wildman–Crippen LogP) is 5.67. The molecule has 0 radical (unpaired) electrons. The molecule has 0 bridgehead atoms. The lowest BCUT2D eigenvalue weighted by atomic mass is 9.88. The Hall–Kier alpha value is -4.13. The quantitative estimate of drug-likeness (QED) is 0.308. The number of nitrogens with one attached hydrogen (secondary N) is 2. The van der Waals surface area contributed by atoms with E-state index in [2.05, 4.69) is 10.3 Å². The first-order valence-electron chi connectivity index (χ1n) is 11.4. The van der Waals surface area contributed by atoms with Gasteiger partial charge in [0.2, 0.25) is 5.91 Å². The van der Waals surface area contributed by atoms with E-state index in [1.54, 1.807) is 6.92 Å². The average molecular weight is 474 g/mol. The molecule has 2 amide bonds. The summed E-state index contributed by atoms with van der Waals surface area (Å²) in [6.07, 6.45) is 0.728. The molecule has 0 aliphatic heterocycles. The molecule has 3 aromatic carbocycles. The van der Waals surface area contributed by atoms with Crippen LogP contribution in [0.15, 0.2) is 85.1 Å². The summed E-state index contributed by atoms with van der Waals surface area (Å²) in [6, 6.07) is 22.5. The number of hydrogen-bond acceptors (Lipinski definition) is 2. The zero-order valence-corrected chi connectivity index (χ0v) is 19.7. The maximum atomic E-state index is 13.8. The third-order valence-electron chi connectivity index (χ3n) is 6.43. The summed E-state index contributed by atoms with van der Waals surface area (Å²) in [7, 11) is 0. The molecule has 6 nitrogen and oxygen atoms in total. The van der Waals surface area contributed by atoms with Crippen LogP contribution in [0.3, 0.4) is 0 Å². The van der Waals surface area contributed by atoms with Crippen LogP contribution in [0.5, 0.6) is 0 Å². The van der Waals surface area contributed by atoms with Crippen molar-refractivity contribution in [3.63, 3.8) is 0 Å². The molecule has 1 heterocycles. The van der Waals surface area contributed by atoms with Crippen LogP contribution >= 0.6 is 0 Å². The molecule has 4 aromatic rings. The number of carboxylic acid groups (broad SMARTS) is 1. The Bertz CT molecular complexity index is 1320. The van der Waals surface area contributed by atoms with Crippen molar-refractivity contribution in [2.75, 3.05) is 0 Å². The largest absolute Gasteiger partial charge is 0.465 e. The molecule has 7 heteroatoms. The topological polar surface area (TPSA) is 85.4 Å². The summed E-state index contributed by atoms with van der Waals surface area (Å²) in [6.45, 7) is 3.44. The Kier molecular flexibility index (Phi) is 6.87. The molecule has 0 fully saturated rings. The van der Waals surface area contributed by atoms with Gasteiger partial charge in [0.25, 0.3) is 0 Å². The highest BCUT2D eigenvalue weighted by Gasteiger charge is 2.43. The highest BCUT2D eigenvalue weighted by Crippen LogP contribution is 2.29. The van der Waals surface area contributed by atoms with Crippen molar-refractivity contribution in [2.45, 2.75) is 38.4 Å². The number of rotatable bonds is 8. The molecular weight excluding hydrogens is 445 g/mol. The first kappa shape index (κ1) is 24.0. The van der Waals surface area contributed by atoms with Crippen molar-refractivity contribution in [1.29, 1.82) is 0 Å². The Morgan fingerprint density at radius 3 is 2.37 bits per heavy atom. The van der Waals surface area contributed by atoms with Crippen molar-refractivity contribution in [2.24, 2.45) is 0 Å². The Labute approximate surface area is 203 Å². The Morgan fingerprint density at radius 1 is 1.03 bits per heavy atom. The van der Waals surface area contributed by atoms with Gasteiger partial charge in [-0.2, -0.15) is 0 Å². The first-order chi connectivity index (χ1) is 16.8. The second-order valence-corrected chi connectivity index (χ2v) is 8.91. The van der Waals surface area contributed by atoms with Crippen LogP contribution in [0.2, 0.25) is 0 Å². The van der Waals surface area contributed by atoms with Gasteiger partial charge in [0, 0.05) is 23.5 Å². The summed E-state index contributed by atoms with van der Waals surface area (Å²) >= 11 is 0. The van der Waals surface area contributed by atoms with E-state index < -0.39 is 23.4 Å². The molecule has 0 spiro atoms. The van der Waals surface area contributed by atoms with Gasteiger partial charge in [-0.25, -0.2) is 9.18 Å². The number of amides is 2. The van der Waals surface area contributed by atoms with Crippen LogP contribution in [-0.4, -0.2) is 32.5 Å². The van der Waals surface area contributed by atoms with E-state index in [4.69, 9.17) is 0 Å². The summed E-state index contributed by atoms with van der Waals surface area (Å²) in [5.41, 5.74) is 1.78. The Balaban J connectivity index is 1.72. The van der Waals surface area contributed by atoms with Crippen molar-refractivity contribution in [1.82, 2.24) is 15.2 Å². The summed E-state index contributed by atoms with van der Waals surface area (Å²) in [5.74, 6) is -0.824. The summed E-state index contributed by atoms with van der Waals surface area (Å²) in [5, 5.41) is 14.2. The second kappa shape index (κ2) is 10.0. The minimum atomic E-state index is -1.45. The second-order valence-electron chi connectivity index (χ2n) is 8.91. The number of halogens is 1. The number of hydrogen-bond donors (Lipinski definition) is 3. The zero-order chi connectivity index (χ0) is 25.0. The number of benzene rings is 3. The fourth-order valence-corrected chi connectivity index (χ4v) is 4.35. The van der Waals surface area contributed by atoms with E-state index >= 15 is 0 Å². The Morgan fingerprint density at radius 2 is 1.69 bits per heavy atom. The summed E-state index contributed by atoms with van der Waals surface area (Å²) < 4.78 is 13.5. The fourth-order valence-electron chi connectivity index (χ4n) is 4.35. The number of nitrogens with zero attached hydrogens (tertiary/aromatic N) is 1. The van der Waals surface area contributed by atoms with Crippen LogP contribution in [-0.2, 0) is 17.8 Å². The van der Waals surface area contributed by atoms with Gasteiger partial charge < -0.3 is 15.4 Å². The summed E-state index contributed by atoms with van der Waals surface area (Å²) in [4.78, 5) is 30.7. The molecule has 35 heavy (non-hydrogen) atoms. The van der Waals surface area contributed by atoms with Crippen LogP contribution in [0, 0.1) is 5.82 Å². The van der Waals surface area contributed by atoms with Gasteiger partial charge in [-0.1, -0.05) is 60.7 Å². The zero-order valence-electron chi connectivity index (χ0n) is 19.7. The molecule has 0 unspecified atom stereocenters. The molecule has 0 saturated heterocycles. The van der Waals surface area contributed by atoms with Gasteiger partial charge in [-0.05, 0) is 48.7 Å². The SMILES string of the molecule is C[C@H](NC(=O)[C@@](C)(Cc1c[nH]c2ccccc12)N(Cc1ccc(F)cc1)C(=O)O)c1ccccc1. The predicted molar refractivity (Wildman–Crippen MR) is 133 cm³/mol. The van der Waals surface area contributed by atoms with Gasteiger partial charge in [0.05, 0.1) is 12.6 Å². The van der Waals surface area contributed by atoms with E-state index in [1.807, 2.05) is 67.7 Å². The minimum Gasteiger partial charge on any atom is -0.465 e. The van der Waals surface area contributed by atoms with Gasteiger partial charge >= 0.3 is 6.09 Å². The third kappa shape index (κ3) is 5.19. The first-order valence-corrected chi connectivity index (χ1v) is 11.4. The van der Waals surface area contributed by atoms with E-state index in [1.165, 1.54) is 24.3 Å². The van der Waals surface area contributed by atoms with Crippen LogP contribution in [0.4, 0.5) is 9.18 Å². The average Bonchev–Trinajstić information content (AvgIpc) is 3.26. The number of aromatic amines is 1. The normalized spacial score (nSPS) is 13.7. The van der Waals surface area contributed by atoms with E-state index in [-0.39, 0.29) is 19.0 Å². The standard InChI is InChI=1S/C28H28FN3O3/c1-19(21-8-4-3-5-9-21)31-26(33)28(2,16-22-17-30-25-11-7-6-10-24(22)25)32(27(34)35)18-20-12-14-23(29)15-13-20/h3-15,17,19,30H,16,18H2,1-2H3,(H,31,33)(H,34,35)/t19-,28+/m0/s1. The van der Waals surface area contributed by atoms with Crippen molar-refractivity contribution in [3.8, 4) is 0 Å². The van der Waals surface area contributed by atoms with Crippen LogP contribution < -0.4 is 5.32 Å². The van der Waals surface area contributed by atoms with Gasteiger partial charge in [-0.15, -0.1) is 0 Å². The maximum absolute atomic E-state index is 13.8. The molecule has 0 aliphatic carbocycles. The van der Waals surface area contributed by atoms with Gasteiger partial charge in [0.1, 0.15) is 11.4 Å². The number of carbonyl (C=O) groups excluding carboxylic acids is 1. The minimum absolute atomic E-state index is 0.0679. The van der Waals surface area contributed by atoms with Gasteiger partial charge in [-0.3, -0.25) is 9.69 Å². The molecule has 0 saturated carbocycles. The molecule has 3 N–H and O–H groups in total. The van der Waals surface area contributed by atoms with Crippen molar-refractivity contribution >= 4 is 22.9 Å². The lowest BCUT2D eigenvalue weighted by Crippen LogP contribution is -2.59. The van der Waals surface area contributed by atoms with E-state index in [9.17, 15) is 19.1 Å². The number of fused-ring (bicyclic) bond motifs is 1. The monoisotopic (exact) mass is 473 g/mol. The van der Waals surface area contributed by atoms with Crippen molar-refractivity contribution < 1.29 is 19.1 Å². The third-order valence-corrected chi connectivity index (χ3v) is 6.43. The number of carbonyl (C=O) groups is 2. The lowest BCUT2D eigenvalue weighted by Gasteiger charge is -2.39. The molecule has 4 rings (SSSR count). The number of para-hydroxylation sites is 1. The number of H-pyrrole nitrogens is 1. The lowest BCUT2D eigenvalue weighted by molar-refractivity contribution is -0.132. The maximum Gasteiger partial charge on any atom is 0.408 e. The number of aromatic nitrogens is 1. The molecule has 1 aromatic heterocycles.